The highest BCUT2D eigenvalue weighted by atomic mass is 32.2. The zero-order valence-corrected chi connectivity index (χ0v) is 27.2. The molecule has 0 aromatic heterocycles. The van der Waals surface area contributed by atoms with Crippen molar-refractivity contribution in [3.05, 3.63) is 34.9 Å². The van der Waals surface area contributed by atoms with Crippen LogP contribution in [0.4, 0.5) is 4.79 Å². The summed E-state index contributed by atoms with van der Waals surface area (Å²) in [5.41, 5.74) is 2.21. The number of nitrogens with one attached hydrogen (secondary N) is 2. The summed E-state index contributed by atoms with van der Waals surface area (Å²) >= 11 is 1.61. The monoisotopic (exact) mass is 577 g/mol. The summed E-state index contributed by atoms with van der Waals surface area (Å²) in [6, 6.07) is 4.44. The Labute approximate surface area is 248 Å². The quantitative estimate of drug-likeness (QED) is 0.182. The molecule has 7 nitrogen and oxygen atoms in total. The first-order valence-electron chi connectivity index (χ1n) is 15.1. The Morgan fingerprint density at radius 2 is 1.62 bits per heavy atom. The third-order valence-corrected chi connectivity index (χ3v) is 7.39. The van der Waals surface area contributed by atoms with Crippen molar-refractivity contribution >= 4 is 29.7 Å². The van der Waals surface area contributed by atoms with E-state index in [0.717, 1.165) is 48.8 Å². The van der Waals surface area contributed by atoms with Crippen molar-refractivity contribution in [2.45, 2.75) is 124 Å². The van der Waals surface area contributed by atoms with Crippen molar-refractivity contribution in [1.82, 2.24) is 15.5 Å². The summed E-state index contributed by atoms with van der Waals surface area (Å²) in [7, 11) is 0. The zero-order chi connectivity index (χ0) is 30.1. The van der Waals surface area contributed by atoms with Gasteiger partial charge in [0.1, 0.15) is 17.7 Å². The molecule has 0 aliphatic rings. The molecule has 2 N–H and O–H groups in total. The molecule has 0 fully saturated rings. The lowest BCUT2D eigenvalue weighted by atomic mass is 9.96. The Kier molecular flexibility index (Phi) is 17.0. The van der Waals surface area contributed by atoms with Gasteiger partial charge >= 0.3 is 6.09 Å². The van der Waals surface area contributed by atoms with Crippen LogP contribution in [-0.4, -0.2) is 59.5 Å². The number of amides is 3. The fraction of sp³-hybridized carbons (Fsp3) is 0.719. The normalized spacial score (nSPS) is 12.9. The highest BCUT2D eigenvalue weighted by Crippen LogP contribution is 2.28. The van der Waals surface area contributed by atoms with Crippen molar-refractivity contribution in [2.24, 2.45) is 0 Å². The minimum absolute atomic E-state index is 0.180. The van der Waals surface area contributed by atoms with Gasteiger partial charge in [-0.25, -0.2) is 4.79 Å². The molecule has 1 rings (SSSR count). The highest BCUT2D eigenvalue weighted by molar-refractivity contribution is 7.98. The van der Waals surface area contributed by atoms with Crippen molar-refractivity contribution < 1.29 is 19.1 Å². The molecule has 1 aromatic rings. The number of nitrogens with zero attached hydrogens (tertiary/aromatic N) is 1. The molecule has 2 unspecified atom stereocenters. The number of carbonyl (C=O) groups is 3. The van der Waals surface area contributed by atoms with Crippen LogP contribution in [0.2, 0.25) is 0 Å². The molecule has 0 spiro atoms. The number of ether oxygens (including phenoxy) is 1. The highest BCUT2D eigenvalue weighted by Gasteiger charge is 2.36. The summed E-state index contributed by atoms with van der Waals surface area (Å²) in [6.07, 6.45) is 10.0. The molecule has 0 heterocycles. The Morgan fingerprint density at radius 3 is 2.23 bits per heavy atom. The molecule has 0 saturated carbocycles. The largest absolute Gasteiger partial charge is 0.444 e. The predicted octanol–water partition coefficient (Wildman–Crippen LogP) is 7.10. The van der Waals surface area contributed by atoms with E-state index >= 15 is 0 Å². The van der Waals surface area contributed by atoms with Crippen LogP contribution in [0.5, 0.6) is 0 Å². The summed E-state index contributed by atoms with van der Waals surface area (Å²) in [4.78, 5) is 42.6. The number of benzene rings is 1. The van der Waals surface area contributed by atoms with Gasteiger partial charge in [0.2, 0.25) is 11.8 Å². The number of unbranched alkanes of at least 4 members (excludes halogenated alkanes) is 6. The first-order valence-corrected chi connectivity index (χ1v) is 16.5. The van der Waals surface area contributed by atoms with E-state index in [1.165, 1.54) is 19.3 Å². The Morgan fingerprint density at radius 1 is 0.975 bits per heavy atom. The van der Waals surface area contributed by atoms with Gasteiger partial charge in [-0.1, -0.05) is 76.1 Å². The van der Waals surface area contributed by atoms with E-state index in [1.807, 2.05) is 32.2 Å². The van der Waals surface area contributed by atoms with Crippen LogP contribution < -0.4 is 10.6 Å². The fourth-order valence-corrected chi connectivity index (χ4v) is 5.11. The third-order valence-electron chi connectivity index (χ3n) is 6.74. The molecule has 0 saturated heterocycles. The molecule has 228 valence electrons. The van der Waals surface area contributed by atoms with Gasteiger partial charge in [0.05, 0.1) is 0 Å². The Hall–Kier alpha value is -2.22. The summed E-state index contributed by atoms with van der Waals surface area (Å²) < 4.78 is 5.50. The fourth-order valence-electron chi connectivity index (χ4n) is 4.64. The van der Waals surface area contributed by atoms with Gasteiger partial charge in [-0.2, -0.15) is 11.8 Å². The Bertz CT molecular complexity index is 916. The van der Waals surface area contributed by atoms with Gasteiger partial charge in [0.25, 0.3) is 0 Å². The van der Waals surface area contributed by atoms with E-state index < -0.39 is 23.8 Å². The van der Waals surface area contributed by atoms with Crippen LogP contribution in [0, 0.1) is 13.8 Å². The number of hydrogen-bond donors (Lipinski definition) is 2. The number of hydrogen-bond acceptors (Lipinski definition) is 5. The SMILES string of the molecule is CCCCCCCCN(C(=O)C(CCSC)NC(=O)OC(C)(C)C)C(C(=O)NCCCC)c1ccc(C)cc1C. The molecule has 0 bridgehead atoms. The minimum Gasteiger partial charge on any atom is -0.444 e. The third kappa shape index (κ3) is 13.4. The second-order valence-electron chi connectivity index (χ2n) is 11.7. The second kappa shape index (κ2) is 19.0. The molecular weight excluding hydrogens is 522 g/mol. The van der Waals surface area contributed by atoms with Gasteiger partial charge in [0, 0.05) is 13.1 Å². The predicted molar refractivity (Wildman–Crippen MR) is 168 cm³/mol. The maximum atomic E-state index is 14.3. The van der Waals surface area contributed by atoms with Crippen molar-refractivity contribution in [3.63, 3.8) is 0 Å². The van der Waals surface area contributed by atoms with E-state index in [9.17, 15) is 14.4 Å². The second-order valence-corrected chi connectivity index (χ2v) is 12.7. The van der Waals surface area contributed by atoms with Crippen LogP contribution in [0.25, 0.3) is 0 Å². The first-order chi connectivity index (χ1) is 18.9. The number of rotatable bonds is 18. The topological polar surface area (TPSA) is 87.7 Å². The summed E-state index contributed by atoms with van der Waals surface area (Å²) in [6.45, 7) is 14.7. The van der Waals surface area contributed by atoms with Crippen LogP contribution in [-0.2, 0) is 14.3 Å². The maximum Gasteiger partial charge on any atom is 0.408 e. The summed E-state index contributed by atoms with van der Waals surface area (Å²) in [5.74, 6) is 0.262. The zero-order valence-electron chi connectivity index (χ0n) is 26.4. The van der Waals surface area contributed by atoms with E-state index in [4.69, 9.17) is 4.74 Å². The van der Waals surface area contributed by atoms with E-state index in [-0.39, 0.29) is 11.8 Å². The lowest BCUT2D eigenvalue weighted by molar-refractivity contribution is -0.142. The van der Waals surface area contributed by atoms with Crippen molar-refractivity contribution in [3.8, 4) is 0 Å². The van der Waals surface area contributed by atoms with Gasteiger partial charge in [-0.3, -0.25) is 9.59 Å². The van der Waals surface area contributed by atoms with Gasteiger partial charge < -0.3 is 20.3 Å². The van der Waals surface area contributed by atoms with Gasteiger partial charge in [-0.05, 0) is 77.0 Å². The van der Waals surface area contributed by atoms with Gasteiger partial charge in [-0.15, -0.1) is 0 Å². The lowest BCUT2D eigenvalue weighted by Crippen LogP contribution is -2.53. The molecule has 0 radical (unpaired) electrons. The smallest absolute Gasteiger partial charge is 0.408 e. The average molecular weight is 578 g/mol. The van der Waals surface area contributed by atoms with E-state index in [1.54, 1.807) is 37.4 Å². The van der Waals surface area contributed by atoms with Crippen LogP contribution in [0.1, 0.15) is 115 Å². The number of alkyl carbamates (subject to hydrolysis) is 1. The molecular formula is C32H55N3O4S. The van der Waals surface area contributed by atoms with Crippen molar-refractivity contribution in [1.29, 1.82) is 0 Å². The molecule has 3 amide bonds. The van der Waals surface area contributed by atoms with Crippen molar-refractivity contribution in [2.75, 3.05) is 25.1 Å². The minimum atomic E-state index is -0.793. The van der Waals surface area contributed by atoms with Gasteiger partial charge in [0.15, 0.2) is 0 Å². The molecule has 0 aliphatic heterocycles. The maximum absolute atomic E-state index is 14.3. The number of aryl methyl sites for hydroxylation is 2. The lowest BCUT2D eigenvalue weighted by Gasteiger charge is -2.35. The summed E-state index contributed by atoms with van der Waals surface area (Å²) in [5, 5.41) is 5.91. The standard InChI is InChI=1S/C32H55N3O4S/c1-9-11-13-14-15-16-21-35(30(37)27(19-22-40-8)34-31(38)39-32(5,6)7)28(29(36)33-20-12-10-2)26-18-17-24(3)23-25(26)4/h17-18,23,27-28H,9-16,19-22H2,1-8H3,(H,33,36)(H,34,38). The van der Waals surface area contributed by atoms with E-state index in [2.05, 4.69) is 30.5 Å². The average Bonchev–Trinajstić information content (AvgIpc) is 2.87. The van der Waals surface area contributed by atoms with E-state index in [0.29, 0.717) is 25.3 Å². The first kappa shape index (κ1) is 35.8. The van der Waals surface area contributed by atoms with Crippen LogP contribution in [0.15, 0.2) is 18.2 Å². The van der Waals surface area contributed by atoms with Crippen LogP contribution >= 0.6 is 11.8 Å². The molecule has 2 atom stereocenters. The van der Waals surface area contributed by atoms with Crippen LogP contribution in [0.3, 0.4) is 0 Å². The Balaban J connectivity index is 3.45. The molecule has 0 aliphatic carbocycles. The molecule has 40 heavy (non-hydrogen) atoms. The molecule has 1 aromatic carbocycles. The number of carbonyl (C=O) groups excluding carboxylic acids is 3. The number of thioether (sulfide) groups is 1. The molecule has 8 heteroatoms.